The van der Waals surface area contributed by atoms with Gasteiger partial charge in [-0.05, 0) is 47.5 Å². The molecule has 180 valence electrons. The Hall–Kier alpha value is -3.32. The number of aliphatic hydroxyl groups excluding tert-OH is 1. The molecule has 35 heavy (non-hydrogen) atoms. The summed E-state index contributed by atoms with van der Waals surface area (Å²) in [6.07, 6.45) is 0. The highest BCUT2D eigenvalue weighted by atomic mass is 35.5. The lowest BCUT2D eigenvalue weighted by Gasteiger charge is -2.25. The Balaban J connectivity index is 1.68. The first-order valence-corrected chi connectivity index (χ1v) is 11.7. The average Bonchev–Trinajstić information content (AvgIpc) is 3.11. The molecule has 0 aromatic heterocycles. The van der Waals surface area contributed by atoms with Gasteiger partial charge in [0.05, 0.1) is 18.2 Å². The number of amides is 1. The zero-order valence-electron chi connectivity index (χ0n) is 18.9. The zero-order valence-corrected chi connectivity index (χ0v) is 20.4. The third kappa shape index (κ3) is 5.35. The van der Waals surface area contributed by atoms with Crippen molar-refractivity contribution in [2.24, 2.45) is 0 Å². The number of ketones is 1. The molecule has 1 fully saturated rings. The van der Waals surface area contributed by atoms with Crippen molar-refractivity contribution >= 4 is 40.7 Å². The Labute approximate surface area is 213 Å². The van der Waals surface area contributed by atoms with Gasteiger partial charge < -0.3 is 19.5 Å². The lowest BCUT2D eigenvalue weighted by molar-refractivity contribution is -0.140. The van der Waals surface area contributed by atoms with E-state index in [1.54, 1.807) is 36.4 Å². The van der Waals surface area contributed by atoms with Crippen molar-refractivity contribution in [3.63, 3.8) is 0 Å². The fraction of sp³-hybridized carbons (Fsp3) is 0.185. The highest BCUT2D eigenvalue weighted by molar-refractivity contribution is 6.47. The van der Waals surface area contributed by atoms with E-state index in [2.05, 4.69) is 0 Å². The normalized spacial score (nSPS) is 17.1. The Kier molecular flexibility index (Phi) is 7.76. The van der Waals surface area contributed by atoms with Gasteiger partial charge in [-0.2, -0.15) is 0 Å². The minimum absolute atomic E-state index is 0.0479. The molecule has 1 atom stereocenters. The number of aliphatic hydroxyl groups is 1. The number of halogens is 2. The third-order valence-corrected chi connectivity index (χ3v) is 6.27. The monoisotopic (exact) mass is 511 g/mol. The summed E-state index contributed by atoms with van der Waals surface area (Å²) in [6, 6.07) is 20.3. The van der Waals surface area contributed by atoms with Gasteiger partial charge >= 0.3 is 0 Å². The molecular formula is C27H23Cl2NO5. The molecule has 1 heterocycles. The highest BCUT2D eigenvalue weighted by Gasteiger charge is 2.46. The second-order valence-corrected chi connectivity index (χ2v) is 8.79. The largest absolute Gasteiger partial charge is 0.507 e. The van der Waals surface area contributed by atoms with E-state index in [1.165, 1.54) is 18.1 Å². The molecule has 0 saturated carbocycles. The standard InChI is InChI=1S/C27H23Cl2NO5/c1-34-14-13-30-24(21-12-9-19(28)15-22(21)29)23(26(32)27(30)33)25(31)18-7-10-20(11-8-18)35-16-17-5-3-2-4-6-17/h2-12,15,24,31H,13-14,16H2,1H3/b25-23+. The van der Waals surface area contributed by atoms with Crippen LogP contribution >= 0.6 is 23.2 Å². The average molecular weight is 512 g/mol. The summed E-state index contributed by atoms with van der Waals surface area (Å²) in [4.78, 5) is 27.3. The molecule has 1 amide bonds. The van der Waals surface area contributed by atoms with Gasteiger partial charge in [0.2, 0.25) is 0 Å². The maximum Gasteiger partial charge on any atom is 0.295 e. The smallest absolute Gasteiger partial charge is 0.295 e. The fourth-order valence-electron chi connectivity index (χ4n) is 3.95. The molecule has 1 aliphatic heterocycles. The van der Waals surface area contributed by atoms with Crippen LogP contribution in [-0.2, 0) is 20.9 Å². The van der Waals surface area contributed by atoms with Crippen molar-refractivity contribution in [1.29, 1.82) is 0 Å². The minimum atomic E-state index is -0.885. The molecule has 4 rings (SSSR count). The first-order valence-electron chi connectivity index (χ1n) is 10.9. The zero-order chi connectivity index (χ0) is 24.9. The Morgan fingerprint density at radius 2 is 1.71 bits per heavy atom. The van der Waals surface area contributed by atoms with E-state index in [-0.39, 0.29) is 29.5 Å². The summed E-state index contributed by atoms with van der Waals surface area (Å²) in [6.45, 7) is 0.752. The van der Waals surface area contributed by atoms with Gasteiger partial charge in [0, 0.05) is 29.3 Å². The molecular weight excluding hydrogens is 489 g/mol. The van der Waals surface area contributed by atoms with E-state index in [9.17, 15) is 14.7 Å². The van der Waals surface area contributed by atoms with Crippen molar-refractivity contribution in [3.8, 4) is 5.75 Å². The van der Waals surface area contributed by atoms with Crippen LogP contribution in [0.25, 0.3) is 5.76 Å². The van der Waals surface area contributed by atoms with Crippen molar-refractivity contribution < 1.29 is 24.2 Å². The minimum Gasteiger partial charge on any atom is -0.507 e. The Morgan fingerprint density at radius 3 is 2.37 bits per heavy atom. The summed E-state index contributed by atoms with van der Waals surface area (Å²) in [5, 5.41) is 11.9. The van der Waals surface area contributed by atoms with E-state index in [4.69, 9.17) is 32.7 Å². The van der Waals surface area contributed by atoms with Crippen LogP contribution < -0.4 is 4.74 Å². The van der Waals surface area contributed by atoms with Crippen LogP contribution in [0.15, 0.2) is 78.4 Å². The number of hydrogen-bond donors (Lipinski definition) is 1. The van der Waals surface area contributed by atoms with E-state index >= 15 is 0 Å². The molecule has 0 aliphatic carbocycles. The lowest BCUT2D eigenvalue weighted by Crippen LogP contribution is -2.32. The van der Waals surface area contributed by atoms with Crippen molar-refractivity contribution in [2.45, 2.75) is 12.6 Å². The van der Waals surface area contributed by atoms with Gasteiger partial charge in [0.25, 0.3) is 11.7 Å². The molecule has 1 unspecified atom stereocenters. The second kappa shape index (κ2) is 11.0. The van der Waals surface area contributed by atoms with Crippen LogP contribution in [0.3, 0.4) is 0 Å². The lowest BCUT2D eigenvalue weighted by atomic mass is 9.95. The second-order valence-electron chi connectivity index (χ2n) is 7.95. The quantitative estimate of drug-likeness (QED) is 0.240. The van der Waals surface area contributed by atoms with Gasteiger partial charge in [-0.15, -0.1) is 0 Å². The maximum atomic E-state index is 13.0. The summed E-state index contributed by atoms with van der Waals surface area (Å²) in [7, 11) is 1.50. The topological polar surface area (TPSA) is 76.1 Å². The van der Waals surface area contributed by atoms with Crippen molar-refractivity contribution in [2.75, 3.05) is 20.3 Å². The Morgan fingerprint density at radius 1 is 1.00 bits per heavy atom. The number of likely N-dealkylation sites (tertiary alicyclic amines) is 1. The summed E-state index contributed by atoms with van der Waals surface area (Å²) in [5.74, 6) is -1.22. The van der Waals surface area contributed by atoms with Crippen LogP contribution in [0, 0.1) is 0 Å². The molecule has 0 radical (unpaired) electrons. The van der Waals surface area contributed by atoms with E-state index in [0.717, 1.165) is 5.56 Å². The predicted octanol–water partition coefficient (Wildman–Crippen LogP) is 5.64. The predicted molar refractivity (Wildman–Crippen MR) is 135 cm³/mol. The molecule has 8 heteroatoms. The number of rotatable bonds is 8. The number of methoxy groups -OCH3 is 1. The number of Topliss-reactive ketones (excluding diaryl/α,β-unsaturated/α-hetero) is 1. The van der Waals surface area contributed by atoms with Crippen LogP contribution in [0.5, 0.6) is 5.75 Å². The SMILES string of the molecule is COCCN1C(=O)C(=O)/C(=C(/O)c2ccc(OCc3ccccc3)cc2)C1c1ccc(Cl)cc1Cl. The molecule has 6 nitrogen and oxygen atoms in total. The van der Waals surface area contributed by atoms with Gasteiger partial charge in [0.1, 0.15) is 18.1 Å². The summed E-state index contributed by atoms with van der Waals surface area (Å²) >= 11 is 12.5. The van der Waals surface area contributed by atoms with Gasteiger partial charge in [-0.25, -0.2) is 0 Å². The number of carbonyl (C=O) groups is 2. The van der Waals surface area contributed by atoms with Gasteiger partial charge in [-0.1, -0.05) is 59.6 Å². The molecule has 3 aromatic carbocycles. The molecule has 1 aliphatic rings. The number of ether oxygens (including phenoxy) is 2. The number of carbonyl (C=O) groups excluding carboxylic acids is 2. The van der Waals surface area contributed by atoms with Crippen molar-refractivity contribution in [1.82, 2.24) is 4.90 Å². The maximum absolute atomic E-state index is 13.0. The summed E-state index contributed by atoms with van der Waals surface area (Å²) < 4.78 is 10.9. The molecule has 1 N–H and O–H groups in total. The molecule has 1 saturated heterocycles. The summed E-state index contributed by atoms with van der Waals surface area (Å²) in [5.41, 5.74) is 1.83. The Bertz CT molecular complexity index is 1260. The van der Waals surface area contributed by atoms with Crippen LogP contribution in [-0.4, -0.2) is 42.0 Å². The van der Waals surface area contributed by atoms with Gasteiger partial charge in [0.15, 0.2) is 0 Å². The fourth-order valence-corrected chi connectivity index (χ4v) is 4.46. The first-order chi connectivity index (χ1) is 16.9. The number of nitrogens with zero attached hydrogens (tertiary/aromatic N) is 1. The van der Waals surface area contributed by atoms with Crippen LogP contribution in [0.2, 0.25) is 10.0 Å². The molecule has 0 bridgehead atoms. The van der Waals surface area contributed by atoms with Crippen LogP contribution in [0.1, 0.15) is 22.7 Å². The van der Waals surface area contributed by atoms with Crippen LogP contribution in [0.4, 0.5) is 0 Å². The van der Waals surface area contributed by atoms with E-state index in [0.29, 0.717) is 28.5 Å². The number of benzene rings is 3. The third-order valence-electron chi connectivity index (χ3n) is 5.71. The van der Waals surface area contributed by atoms with Crippen molar-refractivity contribution in [3.05, 3.63) is 105 Å². The van der Waals surface area contributed by atoms with E-state index < -0.39 is 17.7 Å². The first kappa shape index (κ1) is 24.8. The molecule has 3 aromatic rings. The van der Waals surface area contributed by atoms with Gasteiger partial charge in [-0.3, -0.25) is 9.59 Å². The van der Waals surface area contributed by atoms with E-state index in [1.807, 2.05) is 30.3 Å². The molecule has 0 spiro atoms. The highest BCUT2D eigenvalue weighted by Crippen LogP contribution is 2.42. The number of hydrogen-bond acceptors (Lipinski definition) is 5.